The van der Waals surface area contributed by atoms with E-state index in [4.69, 9.17) is 16.6 Å². The Hall–Kier alpha value is -0.800. The molecule has 3 nitrogen and oxygen atoms in total. The van der Waals surface area contributed by atoms with Gasteiger partial charge in [-0.3, -0.25) is 0 Å². The van der Waals surface area contributed by atoms with E-state index < -0.39 is 0 Å². The summed E-state index contributed by atoms with van der Waals surface area (Å²) in [5.74, 6) is 1.70. The fraction of sp³-hybridized carbons (Fsp3) is 0.667. The first-order valence-corrected chi connectivity index (χ1v) is 7.61. The Bertz CT molecular complexity index is 382. The summed E-state index contributed by atoms with van der Waals surface area (Å²) in [5, 5.41) is 4.02. The van der Waals surface area contributed by atoms with Crippen LogP contribution in [0.3, 0.4) is 0 Å². The van der Waals surface area contributed by atoms with E-state index in [2.05, 4.69) is 37.9 Å². The molecule has 0 aliphatic heterocycles. The third-order valence-electron chi connectivity index (χ3n) is 3.38. The number of halogens is 1. The van der Waals surface area contributed by atoms with Crippen LogP contribution >= 0.6 is 11.6 Å². The molecule has 1 heterocycles. The molecule has 0 saturated carbocycles. The second kappa shape index (κ2) is 8.39. The van der Waals surface area contributed by atoms with Crippen LogP contribution in [0.2, 0.25) is 5.02 Å². The van der Waals surface area contributed by atoms with E-state index in [0.717, 1.165) is 42.7 Å². The van der Waals surface area contributed by atoms with Gasteiger partial charge in [0.15, 0.2) is 0 Å². The van der Waals surface area contributed by atoms with Gasteiger partial charge in [-0.25, -0.2) is 4.98 Å². The van der Waals surface area contributed by atoms with Gasteiger partial charge in [-0.1, -0.05) is 38.8 Å². The molecule has 1 rings (SSSR count). The van der Waals surface area contributed by atoms with E-state index in [-0.39, 0.29) is 0 Å². The Kier molecular flexibility index (Phi) is 7.17. The Morgan fingerprint density at radius 1 is 1.32 bits per heavy atom. The molecule has 19 heavy (non-hydrogen) atoms. The van der Waals surface area contributed by atoms with Crippen LogP contribution in [0, 0.1) is 5.92 Å². The van der Waals surface area contributed by atoms with Gasteiger partial charge in [0.05, 0.1) is 10.7 Å². The average molecular weight is 284 g/mol. The van der Waals surface area contributed by atoms with Crippen LogP contribution in [0.4, 0.5) is 5.82 Å². The van der Waals surface area contributed by atoms with Crippen molar-refractivity contribution in [3.05, 3.63) is 22.8 Å². The first-order chi connectivity index (χ1) is 9.12. The van der Waals surface area contributed by atoms with Gasteiger partial charge in [0.1, 0.15) is 5.82 Å². The van der Waals surface area contributed by atoms with E-state index in [0.29, 0.717) is 5.92 Å². The van der Waals surface area contributed by atoms with E-state index >= 15 is 0 Å². The van der Waals surface area contributed by atoms with Crippen molar-refractivity contribution in [3.63, 3.8) is 0 Å². The summed E-state index contributed by atoms with van der Waals surface area (Å²) in [6.07, 6.45) is 1.19. The number of aromatic nitrogens is 1. The average Bonchev–Trinajstić information content (AvgIpc) is 2.43. The van der Waals surface area contributed by atoms with Crippen LogP contribution < -0.4 is 10.2 Å². The maximum Gasteiger partial charge on any atom is 0.128 e. The molecule has 0 bridgehead atoms. The lowest BCUT2D eigenvalue weighted by Gasteiger charge is -2.25. The van der Waals surface area contributed by atoms with Crippen molar-refractivity contribution in [2.24, 2.45) is 5.92 Å². The van der Waals surface area contributed by atoms with Crippen LogP contribution in [0.25, 0.3) is 0 Å². The monoisotopic (exact) mass is 283 g/mol. The molecule has 0 aliphatic carbocycles. The quantitative estimate of drug-likeness (QED) is 0.788. The standard InChI is InChI=1S/C15H26ClN3/c1-5-12(4)11-19(7-3)15-9-8-13(16)14(18-15)10-17-6-2/h8-9,12,17H,5-7,10-11H2,1-4H3. The molecular weight excluding hydrogens is 258 g/mol. The minimum Gasteiger partial charge on any atom is -0.357 e. The number of hydrogen-bond donors (Lipinski definition) is 1. The first-order valence-electron chi connectivity index (χ1n) is 7.23. The predicted molar refractivity (Wildman–Crippen MR) is 84.0 cm³/mol. The Labute approximate surface area is 122 Å². The fourth-order valence-electron chi connectivity index (χ4n) is 1.91. The predicted octanol–water partition coefficient (Wildman–Crippen LogP) is 3.72. The third-order valence-corrected chi connectivity index (χ3v) is 3.73. The second-order valence-corrected chi connectivity index (χ2v) is 5.34. The smallest absolute Gasteiger partial charge is 0.128 e. The van der Waals surface area contributed by atoms with E-state index in [1.807, 2.05) is 12.1 Å². The zero-order chi connectivity index (χ0) is 14.3. The summed E-state index contributed by atoms with van der Waals surface area (Å²) in [6.45, 7) is 12.4. The second-order valence-electron chi connectivity index (χ2n) is 4.93. The van der Waals surface area contributed by atoms with Crippen molar-refractivity contribution >= 4 is 17.4 Å². The van der Waals surface area contributed by atoms with Gasteiger partial charge in [0, 0.05) is 19.6 Å². The molecule has 0 fully saturated rings. The molecule has 1 aromatic rings. The molecule has 0 saturated heterocycles. The molecule has 0 amide bonds. The number of nitrogens with zero attached hydrogens (tertiary/aromatic N) is 2. The lowest BCUT2D eigenvalue weighted by Crippen LogP contribution is -2.29. The largest absolute Gasteiger partial charge is 0.357 e. The van der Waals surface area contributed by atoms with Crippen molar-refractivity contribution in [1.82, 2.24) is 10.3 Å². The van der Waals surface area contributed by atoms with Crippen LogP contribution in [-0.2, 0) is 6.54 Å². The molecular formula is C15H26ClN3. The van der Waals surface area contributed by atoms with Gasteiger partial charge in [-0.2, -0.15) is 0 Å². The number of rotatable bonds is 8. The van der Waals surface area contributed by atoms with E-state index in [9.17, 15) is 0 Å². The molecule has 0 spiro atoms. The van der Waals surface area contributed by atoms with Crippen molar-refractivity contribution < 1.29 is 0 Å². The zero-order valence-electron chi connectivity index (χ0n) is 12.5. The highest BCUT2D eigenvalue weighted by Crippen LogP contribution is 2.20. The van der Waals surface area contributed by atoms with Gasteiger partial charge < -0.3 is 10.2 Å². The van der Waals surface area contributed by atoms with Crippen molar-refractivity contribution in [1.29, 1.82) is 0 Å². The van der Waals surface area contributed by atoms with Crippen molar-refractivity contribution in [3.8, 4) is 0 Å². The highest BCUT2D eigenvalue weighted by atomic mass is 35.5. The van der Waals surface area contributed by atoms with Gasteiger partial charge in [-0.15, -0.1) is 0 Å². The van der Waals surface area contributed by atoms with Gasteiger partial charge in [0.2, 0.25) is 0 Å². The molecule has 0 radical (unpaired) electrons. The summed E-state index contributed by atoms with van der Waals surface area (Å²) in [5.41, 5.74) is 0.934. The SMILES string of the molecule is CCNCc1nc(N(CC)CC(C)CC)ccc1Cl. The van der Waals surface area contributed by atoms with Crippen LogP contribution in [0.15, 0.2) is 12.1 Å². The molecule has 108 valence electrons. The van der Waals surface area contributed by atoms with Gasteiger partial charge in [-0.05, 0) is 31.5 Å². The number of pyridine rings is 1. The number of hydrogen-bond acceptors (Lipinski definition) is 3. The number of anilines is 1. The van der Waals surface area contributed by atoms with Crippen LogP contribution in [0.1, 0.15) is 39.8 Å². The summed E-state index contributed by atoms with van der Waals surface area (Å²) in [7, 11) is 0. The minimum atomic E-state index is 0.676. The highest BCUT2D eigenvalue weighted by molar-refractivity contribution is 6.31. The topological polar surface area (TPSA) is 28.2 Å². The first kappa shape index (κ1) is 16.3. The number of nitrogens with one attached hydrogen (secondary N) is 1. The molecule has 1 unspecified atom stereocenters. The van der Waals surface area contributed by atoms with Gasteiger partial charge >= 0.3 is 0 Å². The summed E-state index contributed by atoms with van der Waals surface area (Å²) >= 11 is 6.19. The maximum atomic E-state index is 6.19. The summed E-state index contributed by atoms with van der Waals surface area (Å²) in [6, 6.07) is 3.97. The molecule has 0 aliphatic rings. The molecule has 0 aromatic carbocycles. The normalized spacial score (nSPS) is 12.5. The van der Waals surface area contributed by atoms with Gasteiger partial charge in [0.25, 0.3) is 0 Å². The minimum absolute atomic E-state index is 0.676. The summed E-state index contributed by atoms with van der Waals surface area (Å²) < 4.78 is 0. The zero-order valence-corrected chi connectivity index (χ0v) is 13.3. The molecule has 1 atom stereocenters. The van der Waals surface area contributed by atoms with E-state index in [1.54, 1.807) is 0 Å². The Morgan fingerprint density at radius 3 is 2.63 bits per heavy atom. The summed E-state index contributed by atoms with van der Waals surface area (Å²) in [4.78, 5) is 7.02. The molecule has 1 aromatic heterocycles. The van der Waals surface area contributed by atoms with Crippen LogP contribution in [0.5, 0.6) is 0 Å². The molecule has 1 N–H and O–H groups in total. The third kappa shape index (κ3) is 5.00. The van der Waals surface area contributed by atoms with E-state index in [1.165, 1.54) is 6.42 Å². The van der Waals surface area contributed by atoms with Crippen molar-refractivity contribution in [2.45, 2.75) is 40.7 Å². The Morgan fingerprint density at radius 2 is 2.05 bits per heavy atom. The fourth-order valence-corrected chi connectivity index (χ4v) is 2.08. The lowest BCUT2D eigenvalue weighted by molar-refractivity contribution is 0.545. The lowest BCUT2D eigenvalue weighted by atomic mass is 10.1. The van der Waals surface area contributed by atoms with Crippen molar-refractivity contribution in [2.75, 3.05) is 24.5 Å². The maximum absolute atomic E-state index is 6.19. The van der Waals surface area contributed by atoms with Crippen LogP contribution in [-0.4, -0.2) is 24.6 Å². The molecule has 4 heteroatoms. The Balaban J connectivity index is 2.85. The highest BCUT2D eigenvalue weighted by Gasteiger charge is 2.11.